The first kappa shape index (κ1) is 29.1. The molecule has 5 nitrogen and oxygen atoms in total. The van der Waals surface area contributed by atoms with Crippen molar-refractivity contribution in [2.75, 3.05) is 19.8 Å². The maximum Gasteiger partial charge on any atom is 0.338 e. The minimum Gasteiger partial charge on any atom is -0.494 e. The van der Waals surface area contributed by atoms with E-state index >= 15 is 0 Å². The molecule has 1 aliphatic heterocycles. The summed E-state index contributed by atoms with van der Waals surface area (Å²) in [6.07, 6.45) is 18.7. The molecule has 0 spiro atoms. The zero-order chi connectivity index (χ0) is 26.8. The van der Waals surface area contributed by atoms with E-state index in [1.807, 2.05) is 36.5 Å². The van der Waals surface area contributed by atoms with E-state index in [9.17, 15) is 4.79 Å². The van der Waals surface area contributed by atoms with E-state index in [1.165, 1.54) is 51.4 Å². The lowest BCUT2D eigenvalue weighted by Gasteiger charge is -2.10. The van der Waals surface area contributed by atoms with Crippen LogP contribution in [-0.2, 0) is 9.53 Å². The second-order valence-corrected chi connectivity index (χ2v) is 9.81. The molecular formula is C33H43NO4. The van der Waals surface area contributed by atoms with Crippen LogP contribution in [0.3, 0.4) is 0 Å². The summed E-state index contributed by atoms with van der Waals surface area (Å²) in [6, 6.07) is 15.6. The molecule has 0 radical (unpaired) electrons. The Bertz CT molecular complexity index is 1040. The molecule has 0 aliphatic carbocycles. The predicted molar refractivity (Wildman–Crippen MR) is 155 cm³/mol. The molecule has 3 rings (SSSR count). The third-order valence-corrected chi connectivity index (χ3v) is 6.44. The summed E-state index contributed by atoms with van der Waals surface area (Å²) in [4.78, 5) is 11.6. The van der Waals surface area contributed by atoms with Crippen LogP contribution in [0, 0.1) is 0 Å². The van der Waals surface area contributed by atoms with Crippen LogP contribution in [0.15, 0.2) is 84.8 Å². The molecule has 0 aromatic heterocycles. The van der Waals surface area contributed by atoms with Gasteiger partial charge in [-0.05, 0) is 61.2 Å². The normalized spacial score (nSPS) is 12.4. The van der Waals surface area contributed by atoms with Crippen LogP contribution < -0.4 is 14.8 Å². The number of unbranched alkanes of at least 4 members (excludes halogenated alkanes) is 9. The van der Waals surface area contributed by atoms with Crippen molar-refractivity contribution in [2.24, 2.45) is 0 Å². The molecule has 38 heavy (non-hydrogen) atoms. The van der Waals surface area contributed by atoms with Crippen molar-refractivity contribution in [3.05, 3.63) is 84.8 Å². The van der Waals surface area contributed by atoms with Crippen LogP contribution in [0.4, 0.5) is 0 Å². The molecule has 2 aromatic rings. The molecule has 1 aliphatic rings. The first-order chi connectivity index (χ1) is 18.6. The Morgan fingerprint density at radius 2 is 1.24 bits per heavy atom. The molecule has 2 aromatic carbocycles. The van der Waals surface area contributed by atoms with Crippen LogP contribution in [0.1, 0.15) is 71.1 Å². The zero-order valence-electron chi connectivity index (χ0n) is 22.9. The number of rotatable bonds is 18. The lowest BCUT2D eigenvalue weighted by molar-refractivity contribution is -0.130. The average molecular weight is 518 g/mol. The van der Waals surface area contributed by atoms with E-state index < -0.39 is 5.97 Å². The highest BCUT2D eigenvalue weighted by molar-refractivity contribution is 5.88. The standard InChI is InChI=1S/C33H43NO4/c1-27(2)33(35)38-31-21-17-29(18-22-31)28-15-19-30(20-16-28)36-24-11-9-7-5-3-4-6-8-10-12-25-37-32-14-13-23-34-26-32/h13-22,26,34H,1,3-12,23-25H2,2H3. The van der Waals surface area contributed by atoms with Gasteiger partial charge in [0.15, 0.2) is 0 Å². The first-order valence-electron chi connectivity index (χ1n) is 14.1. The van der Waals surface area contributed by atoms with Crippen molar-refractivity contribution in [3.63, 3.8) is 0 Å². The summed E-state index contributed by atoms with van der Waals surface area (Å²) in [6.45, 7) is 7.70. The summed E-state index contributed by atoms with van der Waals surface area (Å²) >= 11 is 0. The van der Waals surface area contributed by atoms with E-state index in [1.54, 1.807) is 19.1 Å². The van der Waals surface area contributed by atoms with E-state index in [0.29, 0.717) is 11.3 Å². The zero-order valence-corrected chi connectivity index (χ0v) is 22.9. The van der Waals surface area contributed by atoms with Gasteiger partial charge in [-0.2, -0.15) is 0 Å². The summed E-state index contributed by atoms with van der Waals surface area (Å²) in [5.41, 5.74) is 2.53. The Morgan fingerprint density at radius 1 is 0.737 bits per heavy atom. The highest BCUT2D eigenvalue weighted by Crippen LogP contribution is 2.25. The van der Waals surface area contributed by atoms with Gasteiger partial charge >= 0.3 is 5.97 Å². The highest BCUT2D eigenvalue weighted by Gasteiger charge is 2.06. The number of allylic oxidation sites excluding steroid dienone is 1. The van der Waals surface area contributed by atoms with E-state index in [-0.39, 0.29) is 0 Å². The largest absolute Gasteiger partial charge is 0.494 e. The molecule has 5 heteroatoms. The average Bonchev–Trinajstić information content (AvgIpc) is 2.94. The minimum atomic E-state index is -0.410. The lowest BCUT2D eigenvalue weighted by Crippen LogP contribution is -2.10. The fourth-order valence-electron chi connectivity index (χ4n) is 4.19. The number of benzene rings is 2. The second kappa shape index (κ2) is 17.1. The van der Waals surface area contributed by atoms with Crippen LogP contribution in [-0.4, -0.2) is 25.7 Å². The Kier molecular flexibility index (Phi) is 13.1. The van der Waals surface area contributed by atoms with Crippen LogP contribution >= 0.6 is 0 Å². The Morgan fingerprint density at radius 3 is 1.74 bits per heavy atom. The molecule has 0 fully saturated rings. The molecule has 1 heterocycles. The molecule has 204 valence electrons. The fraction of sp³-hybridized carbons (Fsp3) is 0.424. The van der Waals surface area contributed by atoms with E-state index in [4.69, 9.17) is 14.2 Å². The van der Waals surface area contributed by atoms with Gasteiger partial charge < -0.3 is 19.5 Å². The van der Waals surface area contributed by atoms with Crippen molar-refractivity contribution in [2.45, 2.75) is 71.1 Å². The van der Waals surface area contributed by atoms with Gasteiger partial charge in [0.25, 0.3) is 0 Å². The van der Waals surface area contributed by atoms with Crippen LogP contribution in [0.5, 0.6) is 11.5 Å². The molecule has 0 amide bonds. The van der Waals surface area contributed by atoms with Crippen LogP contribution in [0.25, 0.3) is 11.1 Å². The topological polar surface area (TPSA) is 56.8 Å². The van der Waals surface area contributed by atoms with Gasteiger partial charge in [-0.3, -0.25) is 0 Å². The Labute approximate surface area is 228 Å². The summed E-state index contributed by atoms with van der Waals surface area (Å²) in [5.74, 6) is 1.95. The van der Waals surface area contributed by atoms with Gasteiger partial charge in [-0.25, -0.2) is 4.79 Å². The van der Waals surface area contributed by atoms with E-state index in [0.717, 1.165) is 55.2 Å². The molecular weight excluding hydrogens is 474 g/mol. The molecule has 0 atom stereocenters. The summed E-state index contributed by atoms with van der Waals surface area (Å²) in [5, 5.41) is 3.16. The molecule has 0 bridgehead atoms. The molecule has 0 unspecified atom stereocenters. The first-order valence-corrected chi connectivity index (χ1v) is 14.1. The number of hydrogen-bond donors (Lipinski definition) is 1. The monoisotopic (exact) mass is 517 g/mol. The van der Waals surface area contributed by atoms with Crippen molar-refractivity contribution in [3.8, 4) is 22.6 Å². The third kappa shape index (κ3) is 11.3. The minimum absolute atomic E-state index is 0.382. The van der Waals surface area contributed by atoms with Crippen LogP contribution in [0.2, 0.25) is 0 Å². The maximum absolute atomic E-state index is 11.6. The Balaban J connectivity index is 1.16. The lowest BCUT2D eigenvalue weighted by atomic mass is 10.1. The summed E-state index contributed by atoms with van der Waals surface area (Å²) in [7, 11) is 0. The van der Waals surface area contributed by atoms with Crippen molar-refractivity contribution in [1.29, 1.82) is 0 Å². The van der Waals surface area contributed by atoms with Gasteiger partial charge in [0.05, 0.1) is 13.2 Å². The second-order valence-electron chi connectivity index (χ2n) is 9.81. The van der Waals surface area contributed by atoms with Gasteiger partial charge in [0.1, 0.15) is 17.3 Å². The highest BCUT2D eigenvalue weighted by atomic mass is 16.5. The van der Waals surface area contributed by atoms with Crippen molar-refractivity contribution < 1.29 is 19.0 Å². The number of nitrogens with one attached hydrogen (secondary N) is 1. The number of esters is 1. The molecule has 0 saturated heterocycles. The number of carbonyl (C=O) groups is 1. The number of dihydropyridines is 1. The quantitative estimate of drug-likeness (QED) is 0.0936. The van der Waals surface area contributed by atoms with Crippen molar-refractivity contribution in [1.82, 2.24) is 5.32 Å². The Hall–Kier alpha value is -3.47. The number of hydrogen-bond acceptors (Lipinski definition) is 5. The fourth-order valence-corrected chi connectivity index (χ4v) is 4.19. The van der Waals surface area contributed by atoms with Gasteiger partial charge in [-0.15, -0.1) is 0 Å². The predicted octanol–water partition coefficient (Wildman–Crippen LogP) is 8.13. The SMILES string of the molecule is C=C(C)C(=O)Oc1ccc(-c2ccc(OCCCCCCCCCCCCOC3=CNCC=C3)cc2)cc1. The van der Waals surface area contributed by atoms with E-state index in [2.05, 4.69) is 30.1 Å². The van der Waals surface area contributed by atoms with Gasteiger partial charge in [-0.1, -0.05) is 88.3 Å². The number of ether oxygens (including phenoxy) is 3. The van der Waals surface area contributed by atoms with Gasteiger partial charge in [0, 0.05) is 18.3 Å². The summed E-state index contributed by atoms with van der Waals surface area (Å²) < 4.78 is 16.9. The molecule has 0 saturated carbocycles. The van der Waals surface area contributed by atoms with Crippen molar-refractivity contribution >= 4 is 5.97 Å². The third-order valence-electron chi connectivity index (χ3n) is 6.44. The number of carbonyl (C=O) groups excluding carboxylic acids is 1. The molecule has 1 N–H and O–H groups in total. The smallest absolute Gasteiger partial charge is 0.338 e. The van der Waals surface area contributed by atoms with Gasteiger partial charge in [0.2, 0.25) is 0 Å². The maximum atomic E-state index is 11.6.